The average molecular weight is 424 g/mol. The number of piperidine rings is 1. The molecular formula is C22H31Cl2N3O. The molecule has 4 nitrogen and oxygen atoms in total. The summed E-state index contributed by atoms with van der Waals surface area (Å²) in [5.41, 5.74) is 7.63. The van der Waals surface area contributed by atoms with E-state index in [-0.39, 0.29) is 36.8 Å². The number of carbonyl (C=O) groups is 1. The number of likely N-dealkylation sites (N-methyl/N-ethyl adjacent to an activating group) is 1. The first-order chi connectivity index (χ1) is 12.5. The average Bonchev–Trinajstić information content (AvgIpc) is 2.69. The SMILES string of the molecule is CN(C(=O)C(C)(N)c1ccccc1)C1CCN(Cc2ccccc2)CC1.Cl.Cl. The molecule has 1 aliphatic heterocycles. The topological polar surface area (TPSA) is 49.6 Å². The van der Waals surface area contributed by atoms with Crippen molar-refractivity contribution in [2.24, 2.45) is 5.73 Å². The fourth-order valence-corrected chi connectivity index (χ4v) is 3.75. The van der Waals surface area contributed by atoms with Gasteiger partial charge in [0.2, 0.25) is 5.91 Å². The predicted molar refractivity (Wildman–Crippen MR) is 120 cm³/mol. The molecular weight excluding hydrogens is 393 g/mol. The molecule has 28 heavy (non-hydrogen) atoms. The minimum Gasteiger partial charge on any atom is -0.341 e. The van der Waals surface area contributed by atoms with Crippen molar-refractivity contribution >= 4 is 30.7 Å². The molecule has 1 amide bonds. The molecule has 3 rings (SSSR count). The summed E-state index contributed by atoms with van der Waals surface area (Å²) in [5, 5.41) is 0. The molecule has 0 spiro atoms. The molecule has 0 radical (unpaired) electrons. The van der Waals surface area contributed by atoms with Gasteiger partial charge in [-0.3, -0.25) is 9.69 Å². The molecule has 1 unspecified atom stereocenters. The second-order valence-corrected chi connectivity index (χ2v) is 7.48. The summed E-state index contributed by atoms with van der Waals surface area (Å²) in [5.74, 6) is -0.00907. The summed E-state index contributed by atoms with van der Waals surface area (Å²) in [6, 6.07) is 20.4. The second-order valence-electron chi connectivity index (χ2n) is 7.48. The molecule has 0 saturated carbocycles. The van der Waals surface area contributed by atoms with Crippen molar-refractivity contribution in [2.45, 2.75) is 37.9 Å². The first kappa shape index (κ1) is 24.4. The van der Waals surface area contributed by atoms with Crippen LogP contribution in [0.1, 0.15) is 30.9 Å². The lowest BCUT2D eigenvalue weighted by Gasteiger charge is -2.39. The number of halogens is 2. The number of nitrogens with zero attached hydrogens (tertiary/aromatic N) is 2. The third-order valence-corrected chi connectivity index (χ3v) is 5.49. The van der Waals surface area contributed by atoms with E-state index in [9.17, 15) is 4.79 Å². The van der Waals surface area contributed by atoms with Gasteiger partial charge in [0.15, 0.2) is 0 Å². The molecule has 154 valence electrons. The largest absolute Gasteiger partial charge is 0.341 e. The lowest BCUT2D eigenvalue weighted by atomic mass is 9.90. The number of hydrogen-bond acceptors (Lipinski definition) is 3. The van der Waals surface area contributed by atoms with Crippen LogP contribution < -0.4 is 5.73 Å². The van der Waals surface area contributed by atoms with E-state index in [0.29, 0.717) is 0 Å². The lowest BCUT2D eigenvalue weighted by Crippen LogP contribution is -2.54. The fraction of sp³-hybridized carbons (Fsp3) is 0.409. The molecule has 0 aromatic heterocycles. The molecule has 0 bridgehead atoms. The Hall–Kier alpha value is -1.59. The summed E-state index contributed by atoms with van der Waals surface area (Å²) in [6.07, 6.45) is 1.97. The van der Waals surface area contributed by atoms with Crippen molar-refractivity contribution < 1.29 is 4.79 Å². The summed E-state index contributed by atoms with van der Waals surface area (Å²) < 4.78 is 0. The van der Waals surface area contributed by atoms with Crippen LogP contribution in [0.2, 0.25) is 0 Å². The number of benzene rings is 2. The molecule has 1 heterocycles. The zero-order valence-electron chi connectivity index (χ0n) is 16.6. The van der Waals surface area contributed by atoms with E-state index in [2.05, 4.69) is 29.2 Å². The number of nitrogens with two attached hydrogens (primary N) is 1. The molecule has 1 fully saturated rings. The Bertz CT molecular complexity index is 717. The Balaban J connectivity index is 0.00000196. The number of amides is 1. The van der Waals surface area contributed by atoms with Crippen LogP contribution in [-0.2, 0) is 16.9 Å². The van der Waals surface area contributed by atoms with Gasteiger partial charge in [0.1, 0.15) is 5.54 Å². The second kappa shape index (κ2) is 10.8. The Kier molecular flexibility index (Phi) is 9.45. The van der Waals surface area contributed by atoms with E-state index < -0.39 is 5.54 Å². The molecule has 1 aliphatic rings. The number of rotatable bonds is 5. The normalized spacial score (nSPS) is 17.0. The van der Waals surface area contributed by atoms with Gasteiger partial charge in [-0.25, -0.2) is 0 Å². The Morgan fingerprint density at radius 3 is 2.07 bits per heavy atom. The van der Waals surface area contributed by atoms with E-state index in [1.807, 2.05) is 55.3 Å². The molecule has 1 atom stereocenters. The maximum Gasteiger partial charge on any atom is 0.246 e. The van der Waals surface area contributed by atoms with Crippen LogP contribution in [0.4, 0.5) is 0 Å². The maximum absolute atomic E-state index is 13.0. The van der Waals surface area contributed by atoms with Crippen molar-refractivity contribution in [3.8, 4) is 0 Å². The highest BCUT2D eigenvalue weighted by Crippen LogP contribution is 2.24. The van der Waals surface area contributed by atoms with Crippen LogP contribution in [0.25, 0.3) is 0 Å². The van der Waals surface area contributed by atoms with Gasteiger partial charge in [0, 0.05) is 32.7 Å². The summed E-state index contributed by atoms with van der Waals surface area (Å²) in [7, 11) is 1.90. The molecule has 2 N–H and O–H groups in total. The Labute approximate surface area is 180 Å². The Morgan fingerprint density at radius 1 is 1.04 bits per heavy atom. The monoisotopic (exact) mass is 423 g/mol. The minimum absolute atomic E-state index is 0. The predicted octanol–water partition coefficient (Wildman–Crippen LogP) is 3.83. The van der Waals surface area contributed by atoms with Crippen molar-refractivity contribution in [3.05, 3.63) is 71.8 Å². The van der Waals surface area contributed by atoms with Crippen molar-refractivity contribution in [2.75, 3.05) is 20.1 Å². The molecule has 1 saturated heterocycles. The lowest BCUT2D eigenvalue weighted by molar-refractivity contribution is -0.138. The van der Waals surface area contributed by atoms with Gasteiger partial charge in [-0.2, -0.15) is 0 Å². The van der Waals surface area contributed by atoms with E-state index in [4.69, 9.17) is 5.73 Å². The van der Waals surface area contributed by atoms with Gasteiger partial charge < -0.3 is 10.6 Å². The van der Waals surface area contributed by atoms with Crippen LogP contribution in [0.5, 0.6) is 0 Å². The van der Waals surface area contributed by atoms with Crippen LogP contribution in [0.3, 0.4) is 0 Å². The Morgan fingerprint density at radius 2 is 1.54 bits per heavy atom. The van der Waals surface area contributed by atoms with Crippen molar-refractivity contribution in [1.82, 2.24) is 9.80 Å². The highest BCUT2D eigenvalue weighted by Gasteiger charge is 2.36. The maximum atomic E-state index is 13.0. The van der Waals surface area contributed by atoms with Crippen LogP contribution in [0.15, 0.2) is 60.7 Å². The van der Waals surface area contributed by atoms with Gasteiger partial charge in [0.25, 0.3) is 0 Å². The molecule has 2 aromatic carbocycles. The highest BCUT2D eigenvalue weighted by atomic mass is 35.5. The number of hydrogen-bond donors (Lipinski definition) is 1. The smallest absolute Gasteiger partial charge is 0.246 e. The zero-order valence-corrected chi connectivity index (χ0v) is 18.2. The van der Waals surface area contributed by atoms with Gasteiger partial charge >= 0.3 is 0 Å². The standard InChI is InChI=1S/C22H29N3O.2ClH/c1-22(23,19-11-7-4-8-12-19)21(26)24(2)20-13-15-25(16-14-20)17-18-9-5-3-6-10-18;;/h3-12,20H,13-17,23H2,1-2H3;2*1H. The van der Waals surface area contributed by atoms with E-state index >= 15 is 0 Å². The van der Waals surface area contributed by atoms with Crippen LogP contribution in [0, 0.1) is 0 Å². The van der Waals surface area contributed by atoms with E-state index in [1.165, 1.54) is 5.56 Å². The summed E-state index contributed by atoms with van der Waals surface area (Å²) >= 11 is 0. The van der Waals surface area contributed by atoms with Gasteiger partial charge in [0.05, 0.1) is 0 Å². The van der Waals surface area contributed by atoms with Gasteiger partial charge in [-0.1, -0.05) is 60.7 Å². The zero-order chi connectivity index (χ0) is 18.6. The number of carbonyl (C=O) groups excluding carboxylic acids is 1. The third kappa shape index (κ3) is 5.71. The van der Waals surface area contributed by atoms with E-state index in [0.717, 1.165) is 38.0 Å². The fourth-order valence-electron chi connectivity index (χ4n) is 3.75. The highest BCUT2D eigenvalue weighted by molar-refractivity contribution is 5.87. The van der Waals surface area contributed by atoms with Crippen molar-refractivity contribution in [1.29, 1.82) is 0 Å². The van der Waals surface area contributed by atoms with E-state index in [1.54, 1.807) is 0 Å². The van der Waals surface area contributed by atoms with Gasteiger partial charge in [-0.15, -0.1) is 24.8 Å². The van der Waals surface area contributed by atoms with Crippen LogP contribution in [-0.4, -0.2) is 41.9 Å². The first-order valence-electron chi connectivity index (χ1n) is 9.36. The quantitative estimate of drug-likeness (QED) is 0.794. The van der Waals surface area contributed by atoms with Crippen molar-refractivity contribution in [3.63, 3.8) is 0 Å². The molecule has 6 heteroatoms. The minimum atomic E-state index is -0.989. The third-order valence-electron chi connectivity index (χ3n) is 5.49. The summed E-state index contributed by atoms with van der Waals surface area (Å²) in [6.45, 7) is 4.79. The number of likely N-dealkylation sites (tertiary alicyclic amines) is 1. The summed E-state index contributed by atoms with van der Waals surface area (Å²) in [4.78, 5) is 17.4. The molecule has 2 aromatic rings. The van der Waals surface area contributed by atoms with Crippen LogP contribution >= 0.6 is 24.8 Å². The first-order valence-corrected chi connectivity index (χ1v) is 9.36. The van der Waals surface area contributed by atoms with Gasteiger partial charge in [-0.05, 0) is 30.9 Å². The molecule has 0 aliphatic carbocycles.